The fourth-order valence-corrected chi connectivity index (χ4v) is 4.30. The molecule has 1 spiro atoms. The number of aliphatic hydroxyl groups is 1. The summed E-state index contributed by atoms with van der Waals surface area (Å²) in [6, 6.07) is 12.7. The van der Waals surface area contributed by atoms with Crippen LogP contribution in [0.15, 0.2) is 36.4 Å². The van der Waals surface area contributed by atoms with Crippen molar-refractivity contribution in [2.75, 3.05) is 0 Å². The van der Waals surface area contributed by atoms with Crippen molar-refractivity contribution in [2.45, 2.75) is 64.1 Å². The Morgan fingerprint density at radius 3 is 2.58 bits per heavy atom. The molecule has 2 aromatic rings. The zero-order chi connectivity index (χ0) is 18.3. The number of hydrogen-bond acceptors (Lipinski definition) is 3. The normalized spacial score (nSPS) is 27.7. The fraction of sp³-hybridized carbons (Fsp3) is 0.455. The van der Waals surface area contributed by atoms with Gasteiger partial charge in [-0.05, 0) is 54.5 Å². The number of ether oxygens (including phenoxy) is 2. The standard InChI is InChI=1S/C22H25ClO3/c1-3-15-4-6-16(7-5-15)12-17-18-13-25-22(19(18)8-9-20(17)23)11-10-21(24)14(2)26-22/h4-9,14,21,24H,3,10-13H2,1-2H3/t14-,21+,22?/m1/s1. The van der Waals surface area contributed by atoms with Crippen LogP contribution in [0.5, 0.6) is 0 Å². The van der Waals surface area contributed by atoms with E-state index in [0.717, 1.165) is 34.6 Å². The molecule has 0 amide bonds. The van der Waals surface area contributed by atoms with Gasteiger partial charge in [-0.25, -0.2) is 0 Å². The van der Waals surface area contributed by atoms with Crippen molar-refractivity contribution >= 4 is 11.6 Å². The number of hydrogen-bond donors (Lipinski definition) is 1. The zero-order valence-electron chi connectivity index (χ0n) is 15.3. The molecule has 0 saturated carbocycles. The van der Waals surface area contributed by atoms with Crippen LogP contribution >= 0.6 is 11.6 Å². The quantitative estimate of drug-likeness (QED) is 0.846. The van der Waals surface area contributed by atoms with Crippen molar-refractivity contribution in [3.05, 3.63) is 69.2 Å². The average molecular weight is 373 g/mol. The lowest BCUT2D eigenvalue weighted by atomic mass is 9.89. The van der Waals surface area contributed by atoms with Crippen molar-refractivity contribution in [1.82, 2.24) is 0 Å². The molecular formula is C22H25ClO3. The van der Waals surface area contributed by atoms with Crippen LogP contribution in [0.3, 0.4) is 0 Å². The molecule has 0 aromatic heterocycles. The number of aliphatic hydroxyl groups excluding tert-OH is 1. The molecule has 26 heavy (non-hydrogen) atoms. The largest absolute Gasteiger partial charge is 0.390 e. The monoisotopic (exact) mass is 372 g/mol. The SMILES string of the molecule is CCc1ccc(Cc2c(Cl)ccc3c2COC32CC[C@H](O)[C@@H](C)O2)cc1. The Kier molecular flexibility index (Phi) is 4.83. The minimum absolute atomic E-state index is 0.240. The van der Waals surface area contributed by atoms with Crippen molar-refractivity contribution in [3.8, 4) is 0 Å². The summed E-state index contributed by atoms with van der Waals surface area (Å²) in [5.41, 5.74) is 5.91. The summed E-state index contributed by atoms with van der Waals surface area (Å²) in [6.07, 6.45) is 2.49. The molecule has 0 radical (unpaired) electrons. The van der Waals surface area contributed by atoms with E-state index in [0.29, 0.717) is 19.4 Å². The lowest BCUT2D eigenvalue weighted by Gasteiger charge is -2.39. The average Bonchev–Trinajstić information content (AvgIpc) is 3.00. The van der Waals surface area contributed by atoms with Gasteiger partial charge in [0.1, 0.15) is 0 Å². The molecule has 0 bridgehead atoms. The minimum Gasteiger partial charge on any atom is -0.390 e. The van der Waals surface area contributed by atoms with E-state index in [1.54, 1.807) is 0 Å². The molecule has 2 aliphatic heterocycles. The first-order valence-electron chi connectivity index (χ1n) is 9.41. The highest BCUT2D eigenvalue weighted by Gasteiger charge is 2.47. The van der Waals surface area contributed by atoms with Gasteiger partial charge in [-0.15, -0.1) is 0 Å². The first kappa shape index (κ1) is 18.0. The molecule has 4 heteroatoms. The third kappa shape index (κ3) is 3.07. The Morgan fingerprint density at radius 1 is 1.15 bits per heavy atom. The summed E-state index contributed by atoms with van der Waals surface area (Å²) in [5.74, 6) is -0.737. The van der Waals surface area contributed by atoms with Crippen LogP contribution in [0.2, 0.25) is 5.02 Å². The summed E-state index contributed by atoms with van der Waals surface area (Å²) in [7, 11) is 0. The number of fused-ring (bicyclic) bond motifs is 2. The molecule has 2 heterocycles. The summed E-state index contributed by atoms with van der Waals surface area (Å²) in [6.45, 7) is 4.56. The smallest absolute Gasteiger partial charge is 0.196 e. The predicted molar refractivity (Wildman–Crippen MR) is 102 cm³/mol. The molecule has 4 rings (SSSR count). The van der Waals surface area contributed by atoms with E-state index in [-0.39, 0.29) is 6.10 Å². The molecule has 2 aliphatic rings. The lowest BCUT2D eigenvalue weighted by molar-refractivity contribution is -0.298. The van der Waals surface area contributed by atoms with E-state index in [1.807, 2.05) is 19.1 Å². The Bertz CT molecular complexity index is 802. The van der Waals surface area contributed by atoms with E-state index in [9.17, 15) is 5.11 Å². The van der Waals surface area contributed by atoms with E-state index < -0.39 is 11.9 Å². The molecule has 1 N–H and O–H groups in total. The van der Waals surface area contributed by atoms with Gasteiger partial charge in [-0.2, -0.15) is 0 Å². The molecule has 2 aromatic carbocycles. The second-order valence-corrected chi connectivity index (χ2v) is 7.78. The first-order valence-corrected chi connectivity index (χ1v) is 9.78. The molecule has 1 saturated heterocycles. The Labute approximate surface area is 159 Å². The lowest BCUT2D eigenvalue weighted by Crippen LogP contribution is -2.44. The van der Waals surface area contributed by atoms with Crippen LogP contribution in [0.1, 0.15) is 54.5 Å². The maximum atomic E-state index is 10.0. The van der Waals surface area contributed by atoms with Crippen molar-refractivity contribution < 1.29 is 14.6 Å². The Morgan fingerprint density at radius 2 is 1.88 bits per heavy atom. The highest BCUT2D eigenvalue weighted by Crippen LogP contribution is 2.47. The van der Waals surface area contributed by atoms with Gasteiger partial charge in [-0.1, -0.05) is 48.9 Å². The van der Waals surface area contributed by atoms with Crippen LogP contribution in [0.25, 0.3) is 0 Å². The van der Waals surface area contributed by atoms with E-state index in [4.69, 9.17) is 21.1 Å². The van der Waals surface area contributed by atoms with Gasteiger partial charge in [0.05, 0.1) is 18.8 Å². The summed E-state index contributed by atoms with van der Waals surface area (Å²) in [4.78, 5) is 0. The van der Waals surface area contributed by atoms with Crippen molar-refractivity contribution in [2.24, 2.45) is 0 Å². The number of benzene rings is 2. The molecule has 1 unspecified atom stereocenters. The van der Waals surface area contributed by atoms with Gasteiger partial charge < -0.3 is 14.6 Å². The molecule has 138 valence electrons. The molecular weight excluding hydrogens is 348 g/mol. The van der Waals surface area contributed by atoms with Gasteiger partial charge in [-0.3, -0.25) is 0 Å². The molecule has 0 aliphatic carbocycles. The second-order valence-electron chi connectivity index (χ2n) is 7.37. The van der Waals surface area contributed by atoms with E-state index >= 15 is 0 Å². The van der Waals surface area contributed by atoms with Gasteiger partial charge >= 0.3 is 0 Å². The van der Waals surface area contributed by atoms with Crippen molar-refractivity contribution in [3.63, 3.8) is 0 Å². The number of aryl methyl sites for hydroxylation is 1. The van der Waals surface area contributed by atoms with Gasteiger partial charge in [0.2, 0.25) is 0 Å². The fourth-order valence-electron chi connectivity index (χ4n) is 4.06. The topological polar surface area (TPSA) is 38.7 Å². The van der Waals surface area contributed by atoms with Crippen molar-refractivity contribution in [1.29, 1.82) is 0 Å². The third-order valence-electron chi connectivity index (χ3n) is 5.73. The Hall–Kier alpha value is -1.39. The maximum Gasteiger partial charge on any atom is 0.196 e. The molecule has 3 nitrogen and oxygen atoms in total. The summed E-state index contributed by atoms with van der Waals surface area (Å²) in [5, 5.41) is 10.8. The van der Waals surface area contributed by atoms with Gasteiger partial charge in [0.15, 0.2) is 5.79 Å². The summed E-state index contributed by atoms with van der Waals surface area (Å²) >= 11 is 6.56. The molecule has 3 atom stereocenters. The van der Waals surface area contributed by atoms with Gasteiger partial charge in [0.25, 0.3) is 0 Å². The van der Waals surface area contributed by atoms with Crippen LogP contribution in [0.4, 0.5) is 0 Å². The number of rotatable bonds is 3. The second kappa shape index (κ2) is 6.97. The van der Waals surface area contributed by atoms with E-state index in [1.165, 1.54) is 11.1 Å². The highest BCUT2D eigenvalue weighted by molar-refractivity contribution is 6.31. The van der Waals surface area contributed by atoms with Gasteiger partial charge in [0, 0.05) is 17.0 Å². The van der Waals surface area contributed by atoms with E-state index in [2.05, 4.69) is 31.2 Å². The third-order valence-corrected chi connectivity index (χ3v) is 6.09. The van der Waals surface area contributed by atoms with Crippen LogP contribution in [-0.4, -0.2) is 17.3 Å². The predicted octanol–water partition coefficient (Wildman–Crippen LogP) is 4.74. The van der Waals surface area contributed by atoms with Crippen LogP contribution < -0.4 is 0 Å². The van der Waals surface area contributed by atoms with Crippen LogP contribution in [-0.2, 0) is 34.7 Å². The maximum absolute atomic E-state index is 10.0. The molecule has 1 fully saturated rings. The van der Waals surface area contributed by atoms with Crippen LogP contribution in [0, 0.1) is 0 Å². The highest BCUT2D eigenvalue weighted by atomic mass is 35.5. The Balaban J connectivity index is 1.67. The first-order chi connectivity index (χ1) is 12.5. The zero-order valence-corrected chi connectivity index (χ0v) is 16.1. The summed E-state index contributed by atoms with van der Waals surface area (Å²) < 4.78 is 12.3. The minimum atomic E-state index is -0.737. The number of halogens is 1.